The van der Waals surface area contributed by atoms with Gasteiger partial charge >= 0.3 is 0 Å². The normalized spacial score (nSPS) is 13.5. The van der Waals surface area contributed by atoms with Crippen molar-refractivity contribution in [2.24, 2.45) is 0 Å². The summed E-state index contributed by atoms with van der Waals surface area (Å²) in [5.41, 5.74) is 1.23. The highest BCUT2D eigenvalue weighted by Crippen LogP contribution is 2.32. The van der Waals surface area contributed by atoms with Crippen LogP contribution in [-0.4, -0.2) is 18.5 Å². The van der Waals surface area contributed by atoms with E-state index < -0.39 is 0 Å². The Morgan fingerprint density at radius 3 is 2.88 bits per heavy atom. The molecule has 1 aromatic rings. The maximum absolute atomic E-state index is 8.64. The molecule has 0 amide bonds. The number of fused-ring (bicyclic) bond motifs is 1. The first-order chi connectivity index (χ1) is 8.40. The molecule has 0 aliphatic carbocycles. The van der Waals surface area contributed by atoms with Gasteiger partial charge in [0, 0.05) is 6.61 Å². The quantitative estimate of drug-likeness (QED) is 0.607. The van der Waals surface area contributed by atoms with Crippen molar-refractivity contribution in [2.75, 3.05) is 13.4 Å². The van der Waals surface area contributed by atoms with Gasteiger partial charge in [0.15, 0.2) is 11.5 Å². The van der Waals surface area contributed by atoms with Gasteiger partial charge in [-0.2, -0.15) is 0 Å². The Bertz CT molecular complexity index is 385. The van der Waals surface area contributed by atoms with Crippen molar-refractivity contribution in [1.29, 1.82) is 0 Å². The molecule has 0 unspecified atom stereocenters. The van der Waals surface area contributed by atoms with Crippen molar-refractivity contribution < 1.29 is 14.6 Å². The Balaban J connectivity index is 1.79. The molecule has 0 fully saturated rings. The number of rotatable bonds is 6. The van der Waals surface area contributed by atoms with E-state index in [0.717, 1.165) is 37.2 Å². The van der Waals surface area contributed by atoms with Crippen LogP contribution >= 0.6 is 0 Å². The van der Waals surface area contributed by atoms with E-state index in [4.69, 9.17) is 14.6 Å². The van der Waals surface area contributed by atoms with Gasteiger partial charge in [0.05, 0.1) is 0 Å². The minimum Gasteiger partial charge on any atom is -0.454 e. The van der Waals surface area contributed by atoms with Crippen LogP contribution in [0.3, 0.4) is 0 Å². The average molecular weight is 234 g/mol. The number of aliphatic hydroxyl groups is 1. The summed E-state index contributed by atoms with van der Waals surface area (Å²) in [7, 11) is 0. The summed E-state index contributed by atoms with van der Waals surface area (Å²) >= 11 is 0. The zero-order valence-corrected chi connectivity index (χ0v) is 9.89. The van der Waals surface area contributed by atoms with Crippen LogP contribution < -0.4 is 9.47 Å². The monoisotopic (exact) mass is 234 g/mol. The number of ether oxygens (including phenoxy) is 2. The van der Waals surface area contributed by atoms with E-state index in [9.17, 15) is 0 Å². The highest BCUT2D eigenvalue weighted by Gasteiger charge is 2.12. The minimum absolute atomic E-state index is 0.288. The summed E-state index contributed by atoms with van der Waals surface area (Å²) in [6.45, 7) is 0.617. The van der Waals surface area contributed by atoms with E-state index in [2.05, 4.69) is 18.2 Å². The van der Waals surface area contributed by atoms with Crippen LogP contribution in [0, 0.1) is 0 Å². The molecular weight excluding hydrogens is 216 g/mol. The molecule has 1 N–H and O–H groups in total. The molecule has 1 aromatic carbocycles. The van der Waals surface area contributed by atoms with Crippen LogP contribution in [-0.2, 0) is 6.42 Å². The summed E-state index contributed by atoms with van der Waals surface area (Å²) in [6, 6.07) is 6.04. The summed E-state index contributed by atoms with van der Waals surface area (Å²) in [4.78, 5) is 0. The highest BCUT2D eigenvalue weighted by molar-refractivity contribution is 5.44. The smallest absolute Gasteiger partial charge is 0.231 e. The number of hydrogen-bond acceptors (Lipinski definition) is 3. The van der Waals surface area contributed by atoms with Crippen molar-refractivity contribution in [3.8, 4) is 11.5 Å². The van der Waals surface area contributed by atoms with E-state index in [1.165, 1.54) is 5.56 Å². The van der Waals surface area contributed by atoms with Gasteiger partial charge in [-0.15, -0.1) is 0 Å². The molecule has 0 atom stereocenters. The molecule has 0 radical (unpaired) electrons. The van der Waals surface area contributed by atoms with Crippen LogP contribution in [0.25, 0.3) is 0 Å². The molecule has 0 saturated carbocycles. The number of benzene rings is 1. The van der Waals surface area contributed by atoms with E-state index in [1.54, 1.807) is 0 Å². The second kappa shape index (κ2) is 6.30. The molecule has 0 bridgehead atoms. The average Bonchev–Trinajstić information content (AvgIpc) is 2.81. The molecule has 1 aliphatic heterocycles. The van der Waals surface area contributed by atoms with Crippen molar-refractivity contribution in [3.63, 3.8) is 0 Å². The molecular formula is C14H18O3. The SMILES string of the molecule is OCCCC/C=C/Cc1ccc2c(c1)OCO2. The molecule has 1 heterocycles. The van der Waals surface area contributed by atoms with Crippen LogP contribution in [0.15, 0.2) is 30.4 Å². The van der Waals surface area contributed by atoms with Crippen molar-refractivity contribution in [1.82, 2.24) is 0 Å². The van der Waals surface area contributed by atoms with Gasteiger partial charge in [-0.05, 0) is 43.4 Å². The summed E-state index contributed by atoms with van der Waals surface area (Å²) in [5.74, 6) is 1.68. The van der Waals surface area contributed by atoms with Gasteiger partial charge < -0.3 is 14.6 Å². The van der Waals surface area contributed by atoms with E-state index in [1.807, 2.05) is 12.1 Å². The van der Waals surface area contributed by atoms with Gasteiger partial charge in [-0.1, -0.05) is 18.2 Å². The van der Waals surface area contributed by atoms with Gasteiger partial charge in [0.1, 0.15) is 0 Å². The third-order valence-electron chi connectivity index (χ3n) is 2.74. The molecule has 0 spiro atoms. The van der Waals surface area contributed by atoms with Crippen molar-refractivity contribution in [2.45, 2.75) is 25.7 Å². The largest absolute Gasteiger partial charge is 0.454 e. The fourth-order valence-corrected chi connectivity index (χ4v) is 1.78. The van der Waals surface area contributed by atoms with Gasteiger partial charge in [0.25, 0.3) is 0 Å². The molecule has 3 heteroatoms. The highest BCUT2D eigenvalue weighted by atomic mass is 16.7. The predicted molar refractivity (Wildman–Crippen MR) is 66.3 cm³/mol. The molecule has 17 heavy (non-hydrogen) atoms. The Morgan fingerprint density at radius 1 is 1.12 bits per heavy atom. The summed E-state index contributed by atoms with van der Waals surface area (Å²) in [6.07, 6.45) is 8.21. The third kappa shape index (κ3) is 3.49. The molecule has 2 rings (SSSR count). The minimum atomic E-state index is 0.288. The van der Waals surface area contributed by atoms with Gasteiger partial charge in [-0.25, -0.2) is 0 Å². The maximum atomic E-state index is 8.64. The lowest BCUT2D eigenvalue weighted by Crippen LogP contribution is -1.92. The fourth-order valence-electron chi connectivity index (χ4n) is 1.78. The number of hydrogen-bond donors (Lipinski definition) is 1. The van der Waals surface area contributed by atoms with Crippen LogP contribution in [0.2, 0.25) is 0 Å². The lowest BCUT2D eigenvalue weighted by atomic mass is 10.1. The second-order valence-corrected chi connectivity index (χ2v) is 4.08. The number of aliphatic hydroxyl groups excluding tert-OH is 1. The predicted octanol–water partition coefficient (Wildman–Crippen LogP) is 2.68. The molecule has 0 aromatic heterocycles. The van der Waals surface area contributed by atoms with E-state index >= 15 is 0 Å². The Labute approximate surface area is 102 Å². The van der Waals surface area contributed by atoms with Gasteiger partial charge in [0.2, 0.25) is 6.79 Å². The van der Waals surface area contributed by atoms with Crippen LogP contribution in [0.5, 0.6) is 11.5 Å². The molecule has 3 nitrogen and oxygen atoms in total. The zero-order chi connectivity index (χ0) is 11.9. The first-order valence-electron chi connectivity index (χ1n) is 6.04. The first kappa shape index (κ1) is 12.0. The van der Waals surface area contributed by atoms with Gasteiger partial charge in [-0.3, -0.25) is 0 Å². The van der Waals surface area contributed by atoms with Crippen LogP contribution in [0.1, 0.15) is 24.8 Å². The summed E-state index contributed by atoms with van der Waals surface area (Å²) < 4.78 is 10.6. The lowest BCUT2D eigenvalue weighted by molar-refractivity contribution is 0.174. The fraction of sp³-hybridized carbons (Fsp3) is 0.429. The third-order valence-corrected chi connectivity index (χ3v) is 2.74. The Morgan fingerprint density at radius 2 is 2.00 bits per heavy atom. The second-order valence-electron chi connectivity index (χ2n) is 4.08. The number of allylic oxidation sites excluding steroid dienone is 2. The van der Waals surface area contributed by atoms with E-state index in [-0.39, 0.29) is 6.61 Å². The first-order valence-corrected chi connectivity index (χ1v) is 6.04. The lowest BCUT2D eigenvalue weighted by Gasteiger charge is -1.99. The van der Waals surface area contributed by atoms with Crippen LogP contribution in [0.4, 0.5) is 0 Å². The molecule has 92 valence electrons. The molecule has 0 saturated heterocycles. The topological polar surface area (TPSA) is 38.7 Å². The Hall–Kier alpha value is -1.48. The van der Waals surface area contributed by atoms with E-state index in [0.29, 0.717) is 6.79 Å². The number of unbranched alkanes of at least 4 members (excludes halogenated alkanes) is 2. The standard InChI is InChI=1S/C14H18O3/c15-9-5-3-1-2-4-6-12-7-8-13-14(10-12)17-11-16-13/h2,4,7-8,10,15H,1,3,5-6,9,11H2/b4-2+. The van der Waals surface area contributed by atoms with Crippen molar-refractivity contribution in [3.05, 3.63) is 35.9 Å². The summed E-state index contributed by atoms with van der Waals surface area (Å²) in [5, 5.41) is 8.64. The maximum Gasteiger partial charge on any atom is 0.231 e. The molecule has 1 aliphatic rings. The van der Waals surface area contributed by atoms with Crippen molar-refractivity contribution >= 4 is 0 Å². The Kier molecular flexibility index (Phi) is 4.45. The zero-order valence-electron chi connectivity index (χ0n) is 9.89.